The van der Waals surface area contributed by atoms with Gasteiger partial charge in [-0.15, -0.1) is 0 Å². The van der Waals surface area contributed by atoms with E-state index in [1.165, 1.54) is 7.11 Å². The highest BCUT2D eigenvalue weighted by atomic mass is 19.4. The van der Waals surface area contributed by atoms with Crippen molar-refractivity contribution in [2.75, 3.05) is 12.0 Å². The average molecular weight is 433 g/mol. The maximum absolute atomic E-state index is 13.0. The van der Waals surface area contributed by atoms with Crippen LogP contribution in [0.5, 0.6) is 5.75 Å². The van der Waals surface area contributed by atoms with Crippen LogP contribution < -0.4 is 9.64 Å². The van der Waals surface area contributed by atoms with Crippen LogP contribution in [0.2, 0.25) is 0 Å². The molecule has 0 spiro atoms. The summed E-state index contributed by atoms with van der Waals surface area (Å²) in [7, 11) is 1.46. The molecule has 0 saturated carbocycles. The first-order valence-electron chi connectivity index (χ1n) is 9.65. The lowest BCUT2D eigenvalue weighted by molar-refractivity contribution is -0.137. The van der Waals surface area contributed by atoms with Crippen molar-refractivity contribution < 1.29 is 32.6 Å². The van der Waals surface area contributed by atoms with Gasteiger partial charge in [-0.3, -0.25) is 14.5 Å². The molecule has 0 aromatic heterocycles. The maximum atomic E-state index is 13.0. The summed E-state index contributed by atoms with van der Waals surface area (Å²) in [4.78, 5) is 27.0. The van der Waals surface area contributed by atoms with Crippen molar-refractivity contribution in [2.24, 2.45) is 5.92 Å². The third-order valence-corrected chi connectivity index (χ3v) is 4.98. The first kappa shape index (κ1) is 22.4. The Labute approximate surface area is 177 Å². The van der Waals surface area contributed by atoms with E-state index in [1.807, 2.05) is 13.8 Å². The van der Waals surface area contributed by atoms with Gasteiger partial charge in [0.15, 0.2) is 11.5 Å². The molecule has 1 N–H and O–H groups in total. The van der Waals surface area contributed by atoms with Crippen LogP contribution in [0.4, 0.5) is 18.9 Å². The number of ketones is 1. The number of amides is 1. The van der Waals surface area contributed by atoms with E-state index in [1.54, 1.807) is 24.3 Å². The molecule has 2 aromatic rings. The van der Waals surface area contributed by atoms with E-state index in [4.69, 9.17) is 4.74 Å². The number of benzene rings is 2. The van der Waals surface area contributed by atoms with E-state index in [0.29, 0.717) is 11.3 Å². The second kappa shape index (κ2) is 8.45. The molecule has 0 aliphatic carbocycles. The number of anilines is 1. The highest BCUT2D eigenvalue weighted by Crippen LogP contribution is 2.43. The van der Waals surface area contributed by atoms with Crippen molar-refractivity contribution in [1.29, 1.82) is 0 Å². The molecule has 164 valence electrons. The summed E-state index contributed by atoms with van der Waals surface area (Å²) in [5.74, 6) is -1.49. The van der Waals surface area contributed by atoms with Crippen molar-refractivity contribution in [3.8, 4) is 5.75 Å². The fourth-order valence-corrected chi connectivity index (χ4v) is 3.58. The van der Waals surface area contributed by atoms with Gasteiger partial charge in [-0.05, 0) is 47.9 Å². The Morgan fingerprint density at radius 2 is 1.81 bits per heavy atom. The van der Waals surface area contributed by atoms with E-state index in [2.05, 4.69) is 0 Å². The molecule has 31 heavy (non-hydrogen) atoms. The summed E-state index contributed by atoms with van der Waals surface area (Å²) < 4.78 is 44.1. The molecule has 8 heteroatoms. The lowest BCUT2D eigenvalue weighted by Gasteiger charge is -2.27. The van der Waals surface area contributed by atoms with Crippen molar-refractivity contribution in [3.63, 3.8) is 0 Å². The zero-order valence-electron chi connectivity index (χ0n) is 17.2. The Bertz CT molecular complexity index is 1030. The van der Waals surface area contributed by atoms with Crippen LogP contribution in [0.3, 0.4) is 0 Å². The first-order valence-corrected chi connectivity index (χ1v) is 9.65. The van der Waals surface area contributed by atoms with Crippen molar-refractivity contribution in [2.45, 2.75) is 32.5 Å². The van der Waals surface area contributed by atoms with Crippen LogP contribution in [0.1, 0.15) is 37.4 Å². The third kappa shape index (κ3) is 4.42. The molecular weight excluding hydrogens is 411 g/mol. The number of alkyl halides is 3. The lowest BCUT2D eigenvalue weighted by atomic mass is 9.92. The molecule has 1 heterocycles. The molecule has 0 radical (unpaired) electrons. The minimum Gasteiger partial charge on any atom is -0.503 e. The monoisotopic (exact) mass is 433 g/mol. The number of hydrogen-bond acceptors (Lipinski definition) is 4. The van der Waals surface area contributed by atoms with Crippen LogP contribution in [0, 0.1) is 5.92 Å². The van der Waals surface area contributed by atoms with Crippen LogP contribution in [0.25, 0.3) is 0 Å². The van der Waals surface area contributed by atoms with Crippen LogP contribution in [-0.4, -0.2) is 23.9 Å². The standard InChI is InChI=1S/C23H22F3NO4/c1-13(2)11-18(28)19-20(14-5-4-6-17(12-14)31-3)27(22(30)21(19)29)16-9-7-15(8-10-16)23(24,25)26/h4-10,12-13,20,29H,11H2,1-3H3. The number of aliphatic hydroxyl groups is 1. The number of methoxy groups -OCH3 is 1. The number of hydrogen-bond donors (Lipinski definition) is 1. The van der Waals surface area contributed by atoms with E-state index >= 15 is 0 Å². The Hall–Kier alpha value is -3.29. The lowest BCUT2D eigenvalue weighted by Crippen LogP contribution is -2.31. The zero-order chi connectivity index (χ0) is 22.9. The van der Waals surface area contributed by atoms with Gasteiger partial charge in [-0.1, -0.05) is 26.0 Å². The summed E-state index contributed by atoms with van der Waals surface area (Å²) in [5, 5.41) is 10.6. The topological polar surface area (TPSA) is 66.8 Å². The van der Waals surface area contributed by atoms with E-state index < -0.39 is 35.2 Å². The van der Waals surface area contributed by atoms with Crippen molar-refractivity contribution in [1.82, 2.24) is 0 Å². The fourth-order valence-electron chi connectivity index (χ4n) is 3.58. The predicted octanol–water partition coefficient (Wildman–Crippen LogP) is 5.23. The quantitative estimate of drug-likeness (QED) is 0.678. The first-order chi connectivity index (χ1) is 14.5. The highest BCUT2D eigenvalue weighted by molar-refractivity contribution is 6.16. The van der Waals surface area contributed by atoms with Crippen molar-refractivity contribution >= 4 is 17.4 Å². The van der Waals surface area contributed by atoms with Gasteiger partial charge in [0.05, 0.1) is 24.3 Å². The number of nitrogens with zero attached hydrogens (tertiary/aromatic N) is 1. The van der Waals surface area contributed by atoms with Crippen LogP contribution in [-0.2, 0) is 15.8 Å². The molecule has 5 nitrogen and oxygen atoms in total. The SMILES string of the molecule is COc1cccc(C2C(C(=O)CC(C)C)=C(O)C(=O)N2c2ccc(C(F)(F)F)cc2)c1. The van der Waals surface area contributed by atoms with Crippen molar-refractivity contribution in [3.05, 3.63) is 71.0 Å². The predicted molar refractivity (Wildman–Crippen MR) is 109 cm³/mol. The van der Waals surface area contributed by atoms with Gasteiger partial charge >= 0.3 is 6.18 Å². The third-order valence-electron chi connectivity index (χ3n) is 4.98. The molecule has 1 atom stereocenters. The number of ether oxygens (including phenoxy) is 1. The number of Topliss-reactive ketones (excluding diaryl/α,β-unsaturated/α-hetero) is 1. The normalized spacial score (nSPS) is 16.9. The van der Waals surface area contributed by atoms with E-state index in [0.717, 1.165) is 29.2 Å². The summed E-state index contributed by atoms with van der Waals surface area (Å²) in [6.45, 7) is 3.67. The second-order valence-corrected chi connectivity index (χ2v) is 7.68. The Kier molecular flexibility index (Phi) is 6.10. The van der Waals surface area contributed by atoms with Gasteiger partial charge < -0.3 is 9.84 Å². The van der Waals surface area contributed by atoms with Gasteiger partial charge in [-0.2, -0.15) is 13.2 Å². The van der Waals surface area contributed by atoms with Gasteiger partial charge in [0.1, 0.15) is 5.75 Å². The molecule has 2 aromatic carbocycles. The number of aliphatic hydroxyl groups excluding tert-OH is 1. The molecule has 0 saturated heterocycles. The van der Waals surface area contributed by atoms with Gasteiger partial charge in [0.2, 0.25) is 0 Å². The number of rotatable bonds is 6. The number of carbonyl (C=O) groups excluding carboxylic acids is 2. The summed E-state index contributed by atoms with van der Waals surface area (Å²) >= 11 is 0. The molecule has 1 unspecified atom stereocenters. The Morgan fingerprint density at radius 3 is 2.35 bits per heavy atom. The van der Waals surface area contributed by atoms with E-state index in [9.17, 15) is 27.9 Å². The Balaban J connectivity index is 2.13. The molecule has 3 rings (SSSR count). The largest absolute Gasteiger partial charge is 0.503 e. The molecule has 1 aliphatic heterocycles. The second-order valence-electron chi connectivity index (χ2n) is 7.68. The Morgan fingerprint density at radius 1 is 1.16 bits per heavy atom. The van der Waals surface area contributed by atoms with Gasteiger partial charge in [-0.25, -0.2) is 0 Å². The number of carbonyl (C=O) groups is 2. The molecule has 0 bridgehead atoms. The maximum Gasteiger partial charge on any atom is 0.416 e. The molecule has 0 fully saturated rings. The minimum absolute atomic E-state index is 0.0195. The van der Waals surface area contributed by atoms with Gasteiger partial charge in [0.25, 0.3) is 5.91 Å². The summed E-state index contributed by atoms with van der Waals surface area (Å²) in [6.07, 6.45) is -4.42. The number of halogens is 3. The van der Waals surface area contributed by atoms with Gasteiger partial charge in [0, 0.05) is 12.1 Å². The smallest absolute Gasteiger partial charge is 0.416 e. The fraction of sp³-hybridized carbons (Fsp3) is 0.304. The highest BCUT2D eigenvalue weighted by Gasteiger charge is 2.44. The molecule has 1 aliphatic rings. The molecule has 1 amide bonds. The summed E-state index contributed by atoms with van der Waals surface area (Å²) in [5.41, 5.74) is -0.325. The minimum atomic E-state index is -4.53. The zero-order valence-corrected chi connectivity index (χ0v) is 17.2. The molecular formula is C23H22F3NO4. The van der Waals surface area contributed by atoms with E-state index in [-0.39, 0.29) is 23.6 Å². The average Bonchev–Trinajstić information content (AvgIpc) is 2.98. The summed E-state index contributed by atoms with van der Waals surface area (Å²) in [6, 6.07) is 9.66. The van der Waals surface area contributed by atoms with Crippen LogP contribution in [0.15, 0.2) is 59.9 Å². The van der Waals surface area contributed by atoms with Crippen LogP contribution >= 0.6 is 0 Å².